The predicted molar refractivity (Wildman–Crippen MR) is 91.9 cm³/mol. The lowest BCUT2D eigenvalue weighted by Crippen LogP contribution is -2.38. The monoisotopic (exact) mass is 356 g/mol. The maximum Gasteiger partial charge on any atom is 0.268 e. The van der Waals surface area contributed by atoms with E-state index in [1.54, 1.807) is 0 Å². The van der Waals surface area contributed by atoms with E-state index in [1.807, 2.05) is 24.3 Å². The third-order valence-corrected chi connectivity index (χ3v) is 4.97. The molecule has 1 fully saturated rings. The van der Waals surface area contributed by atoms with Crippen molar-refractivity contribution in [3.05, 3.63) is 58.2 Å². The summed E-state index contributed by atoms with van der Waals surface area (Å²) >= 11 is 3.46. The van der Waals surface area contributed by atoms with Crippen LogP contribution in [0.1, 0.15) is 36.2 Å². The van der Waals surface area contributed by atoms with Gasteiger partial charge in [-0.1, -0.05) is 34.2 Å². The molecular formula is C18H17BrN2O. The molecule has 1 heterocycles. The summed E-state index contributed by atoms with van der Waals surface area (Å²) in [5, 5.41) is 4.27. The van der Waals surface area contributed by atoms with Gasteiger partial charge in [-0.2, -0.15) is 0 Å². The summed E-state index contributed by atoms with van der Waals surface area (Å²) < 4.78 is 1.02. The highest BCUT2D eigenvalue weighted by Gasteiger charge is 2.46. The van der Waals surface area contributed by atoms with E-state index in [0.717, 1.165) is 41.1 Å². The average Bonchev–Trinajstić information content (AvgIpc) is 3.18. The number of nitrogens with one attached hydrogen (secondary N) is 2. The number of rotatable bonds is 3. The van der Waals surface area contributed by atoms with Crippen LogP contribution in [0.15, 0.2) is 52.5 Å². The first kappa shape index (κ1) is 13.8. The first-order chi connectivity index (χ1) is 10.7. The quantitative estimate of drug-likeness (QED) is 0.837. The van der Waals surface area contributed by atoms with Crippen molar-refractivity contribution in [2.75, 3.05) is 0 Å². The van der Waals surface area contributed by atoms with E-state index in [2.05, 4.69) is 44.5 Å². The van der Waals surface area contributed by atoms with Crippen molar-refractivity contribution in [3.8, 4) is 0 Å². The topological polar surface area (TPSA) is 44.9 Å². The minimum absolute atomic E-state index is 0.0234. The number of fused-ring (bicyclic) bond motifs is 1. The molecule has 1 saturated carbocycles. The average molecular weight is 357 g/mol. The molecule has 0 spiro atoms. The van der Waals surface area contributed by atoms with E-state index in [0.29, 0.717) is 5.69 Å². The second-order valence-corrected chi connectivity index (χ2v) is 7.01. The van der Waals surface area contributed by atoms with Gasteiger partial charge in [0.05, 0.1) is 5.54 Å². The van der Waals surface area contributed by atoms with E-state index in [9.17, 15) is 4.79 Å². The summed E-state index contributed by atoms with van der Waals surface area (Å²) in [5.74, 6) is -0.0234. The number of carbonyl (C=O) groups is 1. The molecule has 2 aliphatic rings. The number of halogens is 1. The lowest BCUT2D eigenvalue weighted by atomic mass is 9.98. The van der Waals surface area contributed by atoms with Crippen LogP contribution in [0.25, 0.3) is 10.9 Å². The fourth-order valence-corrected chi connectivity index (χ4v) is 3.47. The zero-order chi connectivity index (χ0) is 15.2. The molecule has 2 N–H and O–H groups in total. The highest BCUT2D eigenvalue weighted by atomic mass is 79.9. The van der Waals surface area contributed by atoms with E-state index in [4.69, 9.17) is 0 Å². The molecule has 22 heavy (non-hydrogen) atoms. The number of H-pyrrole nitrogens is 1. The number of amides is 1. The van der Waals surface area contributed by atoms with Crippen molar-refractivity contribution in [3.63, 3.8) is 0 Å². The van der Waals surface area contributed by atoms with Gasteiger partial charge in [-0.25, -0.2) is 0 Å². The third-order valence-electron chi connectivity index (χ3n) is 4.48. The zero-order valence-electron chi connectivity index (χ0n) is 12.2. The SMILES string of the molecule is O=C(NC1(C2=CCCC=C2)CC1)c1cc2cc(Br)ccc2[nH]1. The minimum atomic E-state index is -0.133. The second kappa shape index (κ2) is 5.13. The van der Waals surface area contributed by atoms with E-state index < -0.39 is 0 Å². The van der Waals surface area contributed by atoms with Gasteiger partial charge in [0.2, 0.25) is 0 Å². The third kappa shape index (κ3) is 2.41. The van der Waals surface area contributed by atoms with Gasteiger partial charge in [-0.05, 0) is 55.5 Å². The smallest absolute Gasteiger partial charge is 0.268 e. The Hall–Kier alpha value is -1.81. The lowest BCUT2D eigenvalue weighted by molar-refractivity contribution is 0.0934. The molecule has 3 nitrogen and oxygen atoms in total. The summed E-state index contributed by atoms with van der Waals surface area (Å²) in [5.41, 5.74) is 2.74. The van der Waals surface area contributed by atoms with Crippen LogP contribution in [0.4, 0.5) is 0 Å². The standard InChI is InChI=1S/C18H17BrN2O/c19-14-6-7-15-12(10-14)11-16(20-15)17(22)21-18(8-9-18)13-4-2-1-3-5-13/h2,4-7,10-11,20H,1,3,8-9H2,(H,21,22). The minimum Gasteiger partial charge on any atom is -0.351 e. The van der Waals surface area contributed by atoms with Gasteiger partial charge in [-0.3, -0.25) is 4.79 Å². The molecule has 2 aliphatic carbocycles. The van der Waals surface area contributed by atoms with Gasteiger partial charge in [-0.15, -0.1) is 0 Å². The number of aromatic nitrogens is 1. The van der Waals surface area contributed by atoms with Crippen molar-refractivity contribution in [2.45, 2.75) is 31.2 Å². The highest BCUT2D eigenvalue weighted by molar-refractivity contribution is 9.10. The Balaban J connectivity index is 1.58. The summed E-state index contributed by atoms with van der Waals surface area (Å²) in [6.45, 7) is 0. The van der Waals surface area contributed by atoms with Gasteiger partial charge in [0.1, 0.15) is 5.69 Å². The molecule has 0 unspecified atom stereocenters. The van der Waals surface area contributed by atoms with E-state index in [1.165, 1.54) is 5.57 Å². The normalized spacial score (nSPS) is 19.0. The Morgan fingerprint density at radius 3 is 2.82 bits per heavy atom. The molecule has 0 atom stereocenters. The van der Waals surface area contributed by atoms with Crippen LogP contribution in [0.5, 0.6) is 0 Å². The number of carbonyl (C=O) groups excluding carboxylic acids is 1. The maximum absolute atomic E-state index is 12.6. The maximum atomic E-state index is 12.6. The molecule has 1 aromatic heterocycles. The Morgan fingerprint density at radius 1 is 1.23 bits per heavy atom. The molecule has 2 aromatic rings. The van der Waals surface area contributed by atoms with Crippen molar-refractivity contribution in [2.24, 2.45) is 0 Å². The molecule has 112 valence electrons. The Kier molecular flexibility index (Phi) is 3.22. The van der Waals surface area contributed by atoms with Crippen molar-refractivity contribution in [1.82, 2.24) is 10.3 Å². The van der Waals surface area contributed by atoms with Crippen molar-refractivity contribution < 1.29 is 4.79 Å². The molecule has 0 saturated heterocycles. The predicted octanol–water partition coefficient (Wildman–Crippen LogP) is 4.47. The van der Waals surface area contributed by atoms with E-state index >= 15 is 0 Å². The number of aromatic amines is 1. The summed E-state index contributed by atoms with van der Waals surface area (Å²) in [6.07, 6.45) is 10.9. The Bertz CT molecular complexity index is 812. The molecule has 0 aliphatic heterocycles. The van der Waals surface area contributed by atoms with Crippen LogP contribution in [0, 0.1) is 0 Å². The van der Waals surface area contributed by atoms with Gasteiger partial charge >= 0.3 is 0 Å². The first-order valence-corrected chi connectivity index (χ1v) is 8.44. The molecule has 1 aromatic carbocycles. The number of allylic oxidation sites excluding steroid dienone is 2. The van der Waals surface area contributed by atoms with Crippen LogP contribution in [0.2, 0.25) is 0 Å². The van der Waals surface area contributed by atoms with Gasteiger partial charge < -0.3 is 10.3 Å². The van der Waals surface area contributed by atoms with Crippen LogP contribution in [-0.2, 0) is 0 Å². The number of hydrogen-bond acceptors (Lipinski definition) is 1. The summed E-state index contributed by atoms with van der Waals surface area (Å²) in [6, 6.07) is 7.88. The molecule has 0 bridgehead atoms. The molecule has 1 amide bonds. The van der Waals surface area contributed by atoms with Crippen molar-refractivity contribution in [1.29, 1.82) is 0 Å². The van der Waals surface area contributed by atoms with E-state index in [-0.39, 0.29) is 11.4 Å². The van der Waals surface area contributed by atoms with Crippen LogP contribution in [-0.4, -0.2) is 16.4 Å². The van der Waals surface area contributed by atoms with Gasteiger partial charge in [0, 0.05) is 15.4 Å². The number of hydrogen-bond donors (Lipinski definition) is 2. The Morgan fingerprint density at radius 2 is 2.09 bits per heavy atom. The molecule has 0 radical (unpaired) electrons. The second-order valence-electron chi connectivity index (χ2n) is 6.09. The first-order valence-electron chi connectivity index (χ1n) is 7.64. The fourth-order valence-electron chi connectivity index (χ4n) is 3.09. The van der Waals surface area contributed by atoms with Crippen LogP contribution < -0.4 is 5.32 Å². The molecule has 4 heteroatoms. The summed E-state index contributed by atoms with van der Waals surface area (Å²) in [4.78, 5) is 15.8. The lowest BCUT2D eigenvalue weighted by Gasteiger charge is -2.20. The van der Waals surface area contributed by atoms with Crippen LogP contribution in [0.3, 0.4) is 0 Å². The van der Waals surface area contributed by atoms with Crippen LogP contribution >= 0.6 is 15.9 Å². The van der Waals surface area contributed by atoms with Gasteiger partial charge in [0.15, 0.2) is 0 Å². The molecule has 4 rings (SSSR count). The number of benzene rings is 1. The van der Waals surface area contributed by atoms with Gasteiger partial charge in [0.25, 0.3) is 5.91 Å². The fraction of sp³-hybridized carbons (Fsp3) is 0.278. The molecular weight excluding hydrogens is 340 g/mol. The zero-order valence-corrected chi connectivity index (χ0v) is 13.7. The van der Waals surface area contributed by atoms with Crippen molar-refractivity contribution >= 4 is 32.7 Å². The largest absolute Gasteiger partial charge is 0.351 e. The highest BCUT2D eigenvalue weighted by Crippen LogP contribution is 2.44. The Labute approximate surface area is 137 Å². The summed E-state index contributed by atoms with van der Waals surface area (Å²) in [7, 11) is 0.